The average Bonchev–Trinajstić information content (AvgIpc) is 2.07. The van der Waals surface area contributed by atoms with Gasteiger partial charge in [-0.05, 0) is 12.1 Å². The quantitative estimate of drug-likeness (QED) is 0.719. The molecule has 0 bridgehead atoms. The van der Waals surface area contributed by atoms with Crippen molar-refractivity contribution in [2.45, 2.75) is 0 Å². The molecule has 0 aliphatic carbocycles. The minimum absolute atomic E-state index is 0.0810. The van der Waals surface area contributed by atoms with Crippen LogP contribution in [-0.2, 0) is 0 Å². The van der Waals surface area contributed by atoms with E-state index in [0.29, 0.717) is 0 Å². The van der Waals surface area contributed by atoms with E-state index in [1.165, 1.54) is 12.3 Å². The molecule has 0 spiro atoms. The van der Waals surface area contributed by atoms with Crippen LogP contribution in [-0.4, -0.2) is 21.4 Å². The van der Waals surface area contributed by atoms with Crippen molar-refractivity contribution in [3.63, 3.8) is 0 Å². The SMILES string of the molecule is ClCCl.O=C(O)c1ccccn1. The van der Waals surface area contributed by atoms with E-state index in [4.69, 9.17) is 28.3 Å². The highest BCUT2D eigenvalue weighted by molar-refractivity contribution is 6.40. The van der Waals surface area contributed by atoms with Gasteiger partial charge in [-0.3, -0.25) is 0 Å². The summed E-state index contributed by atoms with van der Waals surface area (Å²) in [6, 6.07) is 4.76. The molecule has 3 nitrogen and oxygen atoms in total. The normalized spacial score (nSPS) is 8.17. The van der Waals surface area contributed by atoms with Crippen LogP contribution in [0, 0.1) is 0 Å². The monoisotopic (exact) mass is 207 g/mol. The molecule has 0 saturated carbocycles. The van der Waals surface area contributed by atoms with Gasteiger partial charge < -0.3 is 5.11 Å². The highest BCUT2D eigenvalue weighted by Crippen LogP contribution is 1.90. The van der Waals surface area contributed by atoms with E-state index in [-0.39, 0.29) is 11.0 Å². The lowest BCUT2D eigenvalue weighted by molar-refractivity contribution is 0.0690. The molecule has 66 valence electrons. The van der Waals surface area contributed by atoms with Gasteiger partial charge >= 0.3 is 5.97 Å². The zero-order chi connectivity index (χ0) is 9.40. The number of aromatic carboxylic acids is 1. The highest BCUT2D eigenvalue weighted by Gasteiger charge is 1.98. The number of carbonyl (C=O) groups is 1. The van der Waals surface area contributed by atoms with E-state index in [2.05, 4.69) is 4.98 Å². The minimum atomic E-state index is -0.990. The molecule has 0 unspecified atom stereocenters. The van der Waals surface area contributed by atoms with Crippen LogP contribution < -0.4 is 0 Å². The first kappa shape index (κ1) is 11.2. The smallest absolute Gasteiger partial charge is 0.354 e. The molecule has 1 N–H and O–H groups in total. The molecule has 0 aliphatic rings. The molecule has 1 aromatic heterocycles. The molecular weight excluding hydrogens is 201 g/mol. The highest BCUT2D eigenvalue weighted by atomic mass is 35.5. The third-order valence-electron chi connectivity index (χ3n) is 0.884. The number of alkyl halides is 2. The first-order chi connectivity index (χ1) is 5.72. The molecular formula is C7H7Cl2NO2. The Labute approximate surface area is 79.9 Å². The van der Waals surface area contributed by atoms with Gasteiger partial charge in [-0.1, -0.05) is 6.07 Å². The molecule has 0 atom stereocenters. The number of hydrogen-bond acceptors (Lipinski definition) is 2. The Kier molecular flexibility index (Phi) is 6.42. The summed E-state index contributed by atoms with van der Waals surface area (Å²) in [5.41, 5.74) is 0.0810. The maximum atomic E-state index is 10.1. The summed E-state index contributed by atoms with van der Waals surface area (Å²) < 4.78 is 0. The summed E-state index contributed by atoms with van der Waals surface area (Å²) in [7, 11) is 0. The van der Waals surface area contributed by atoms with Crippen molar-refractivity contribution in [2.75, 3.05) is 5.34 Å². The van der Waals surface area contributed by atoms with Crippen LogP contribution in [0.15, 0.2) is 24.4 Å². The fourth-order valence-corrected chi connectivity index (χ4v) is 0.489. The summed E-state index contributed by atoms with van der Waals surface area (Å²) >= 11 is 9.53. The molecule has 1 heterocycles. The third-order valence-corrected chi connectivity index (χ3v) is 0.884. The van der Waals surface area contributed by atoms with E-state index in [1.807, 2.05) is 0 Å². The summed E-state index contributed by atoms with van der Waals surface area (Å²) in [5.74, 6) is -0.990. The fraction of sp³-hybridized carbons (Fsp3) is 0.143. The standard InChI is InChI=1S/C6H5NO2.CH2Cl2/c8-6(9)5-3-1-2-4-7-5;2-1-3/h1-4H,(H,8,9);1H2. The topological polar surface area (TPSA) is 50.2 Å². The van der Waals surface area contributed by atoms with Crippen molar-refractivity contribution in [1.29, 1.82) is 0 Å². The Morgan fingerprint density at radius 2 is 2.08 bits per heavy atom. The largest absolute Gasteiger partial charge is 0.477 e. The minimum Gasteiger partial charge on any atom is -0.477 e. The van der Waals surface area contributed by atoms with E-state index in [9.17, 15) is 4.79 Å². The second kappa shape index (κ2) is 6.88. The first-order valence-electron chi connectivity index (χ1n) is 2.98. The maximum Gasteiger partial charge on any atom is 0.354 e. The molecule has 0 radical (unpaired) electrons. The Bertz CT molecular complexity index is 228. The van der Waals surface area contributed by atoms with Crippen LogP contribution in [0.1, 0.15) is 10.5 Å². The van der Waals surface area contributed by atoms with Crippen LogP contribution in [0.3, 0.4) is 0 Å². The van der Waals surface area contributed by atoms with Crippen molar-refractivity contribution in [3.8, 4) is 0 Å². The Balaban J connectivity index is 0.000000354. The Morgan fingerprint density at radius 3 is 2.33 bits per heavy atom. The van der Waals surface area contributed by atoms with E-state index >= 15 is 0 Å². The molecule has 1 rings (SSSR count). The summed E-state index contributed by atoms with van der Waals surface area (Å²) in [6.45, 7) is 0. The number of hydrogen-bond donors (Lipinski definition) is 1. The van der Waals surface area contributed by atoms with Gasteiger partial charge in [0.05, 0.1) is 5.34 Å². The van der Waals surface area contributed by atoms with E-state index in [0.717, 1.165) is 0 Å². The summed E-state index contributed by atoms with van der Waals surface area (Å²) in [6.07, 6.45) is 1.45. The van der Waals surface area contributed by atoms with Gasteiger partial charge in [-0.2, -0.15) is 0 Å². The molecule has 12 heavy (non-hydrogen) atoms. The van der Waals surface area contributed by atoms with Crippen LogP contribution >= 0.6 is 23.2 Å². The van der Waals surface area contributed by atoms with Gasteiger partial charge in [0, 0.05) is 6.20 Å². The molecule has 0 aliphatic heterocycles. The first-order valence-corrected chi connectivity index (χ1v) is 4.05. The van der Waals surface area contributed by atoms with Crippen molar-refractivity contribution in [3.05, 3.63) is 30.1 Å². The van der Waals surface area contributed by atoms with Crippen molar-refractivity contribution in [2.24, 2.45) is 0 Å². The van der Waals surface area contributed by atoms with Crippen LogP contribution in [0.4, 0.5) is 0 Å². The summed E-state index contributed by atoms with van der Waals surface area (Å²) in [5, 5.41) is 8.52. The zero-order valence-corrected chi connectivity index (χ0v) is 7.59. The number of halogens is 2. The number of carboxylic acid groups (broad SMARTS) is 1. The van der Waals surface area contributed by atoms with Crippen LogP contribution in [0.2, 0.25) is 0 Å². The lowest BCUT2D eigenvalue weighted by atomic mass is 10.4. The molecule has 5 heteroatoms. The van der Waals surface area contributed by atoms with Gasteiger partial charge in [-0.15, -0.1) is 23.2 Å². The predicted octanol–water partition coefficient (Wildman–Crippen LogP) is 2.20. The Hall–Kier alpha value is -0.800. The predicted molar refractivity (Wildman–Crippen MR) is 47.8 cm³/mol. The van der Waals surface area contributed by atoms with Crippen molar-refractivity contribution in [1.82, 2.24) is 4.98 Å². The van der Waals surface area contributed by atoms with Crippen molar-refractivity contribution >= 4 is 29.2 Å². The molecule has 0 fully saturated rings. The second-order valence-corrected chi connectivity index (χ2v) is 2.43. The van der Waals surface area contributed by atoms with Gasteiger partial charge in [0.25, 0.3) is 0 Å². The molecule has 0 saturated heterocycles. The summed E-state index contributed by atoms with van der Waals surface area (Å²) in [4.78, 5) is 13.7. The van der Waals surface area contributed by atoms with Crippen LogP contribution in [0.5, 0.6) is 0 Å². The number of pyridine rings is 1. The number of carboxylic acids is 1. The van der Waals surface area contributed by atoms with Gasteiger partial charge in [0.15, 0.2) is 0 Å². The number of aromatic nitrogens is 1. The molecule has 0 amide bonds. The second-order valence-electron chi connectivity index (χ2n) is 1.62. The molecule has 0 aromatic carbocycles. The molecule has 1 aromatic rings. The van der Waals surface area contributed by atoms with Gasteiger partial charge in [0.1, 0.15) is 5.69 Å². The van der Waals surface area contributed by atoms with Gasteiger partial charge in [0.2, 0.25) is 0 Å². The van der Waals surface area contributed by atoms with Crippen LogP contribution in [0.25, 0.3) is 0 Å². The van der Waals surface area contributed by atoms with E-state index < -0.39 is 5.97 Å². The van der Waals surface area contributed by atoms with Gasteiger partial charge in [-0.25, -0.2) is 9.78 Å². The lowest BCUT2D eigenvalue weighted by Gasteiger charge is -1.87. The average molecular weight is 208 g/mol. The number of rotatable bonds is 1. The van der Waals surface area contributed by atoms with E-state index in [1.54, 1.807) is 12.1 Å². The lowest BCUT2D eigenvalue weighted by Crippen LogP contribution is -1.97. The number of nitrogens with zero attached hydrogens (tertiary/aromatic N) is 1. The van der Waals surface area contributed by atoms with Crippen molar-refractivity contribution < 1.29 is 9.90 Å². The third kappa shape index (κ3) is 4.93. The maximum absolute atomic E-state index is 10.1. The fourth-order valence-electron chi connectivity index (χ4n) is 0.489. The Morgan fingerprint density at radius 1 is 1.50 bits per heavy atom. The zero-order valence-electron chi connectivity index (χ0n) is 6.08.